The molecule has 3 heteroatoms. The fraction of sp³-hybridized carbons (Fsp3) is 0.909. The Kier molecular flexibility index (Phi) is 4.37. The van der Waals surface area contributed by atoms with Gasteiger partial charge in [0.2, 0.25) is 0 Å². The zero-order chi connectivity index (χ0) is 10.4. The minimum Gasteiger partial charge on any atom is -0.381 e. The molecule has 1 rings (SSSR count). The first-order valence-electron chi connectivity index (χ1n) is 5.53. The number of ether oxygens (including phenoxy) is 1. The van der Waals surface area contributed by atoms with Crippen molar-refractivity contribution in [1.29, 1.82) is 5.26 Å². The van der Waals surface area contributed by atoms with Crippen molar-refractivity contribution in [1.82, 2.24) is 4.90 Å². The molecule has 1 saturated heterocycles. The molecular weight excluding hydrogens is 176 g/mol. The van der Waals surface area contributed by atoms with E-state index in [2.05, 4.69) is 24.8 Å². The fourth-order valence-corrected chi connectivity index (χ4v) is 2.26. The van der Waals surface area contributed by atoms with Crippen molar-refractivity contribution in [2.45, 2.75) is 38.6 Å². The molecule has 0 radical (unpaired) electrons. The number of nitriles is 1. The van der Waals surface area contributed by atoms with Gasteiger partial charge in [0, 0.05) is 19.6 Å². The molecule has 1 heterocycles. The minimum absolute atomic E-state index is 0.264. The zero-order valence-corrected chi connectivity index (χ0v) is 9.25. The van der Waals surface area contributed by atoms with E-state index < -0.39 is 0 Å². The van der Waals surface area contributed by atoms with Crippen molar-refractivity contribution in [3.05, 3.63) is 0 Å². The topological polar surface area (TPSA) is 36.3 Å². The summed E-state index contributed by atoms with van der Waals surface area (Å²) in [6, 6.07) is 2.51. The average Bonchev–Trinajstić information content (AvgIpc) is 2.46. The van der Waals surface area contributed by atoms with Gasteiger partial charge in [0.25, 0.3) is 0 Å². The molecule has 0 amide bonds. The molecule has 80 valence electrons. The maximum absolute atomic E-state index is 9.35. The van der Waals surface area contributed by atoms with E-state index in [1.807, 2.05) is 0 Å². The van der Waals surface area contributed by atoms with Gasteiger partial charge >= 0.3 is 0 Å². The molecule has 0 aromatic rings. The summed E-state index contributed by atoms with van der Waals surface area (Å²) in [6.07, 6.45) is 2.81. The monoisotopic (exact) mass is 196 g/mol. The molecule has 0 spiro atoms. The van der Waals surface area contributed by atoms with E-state index in [1.54, 1.807) is 0 Å². The summed E-state index contributed by atoms with van der Waals surface area (Å²) in [5.74, 6) is 0. The first-order chi connectivity index (χ1) is 6.79. The van der Waals surface area contributed by atoms with Crippen molar-refractivity contribution in [3.63, 3.8) is 0 Å². The minimum atomic E-state index is -0.264. The highest BCUT2D eigenvalue weighted by atomic mass is 16.5. The normalized spacial score (nSPS) is 28.4. The van der Waals surface area contributed by atoms with Crippen molar-refractivity contribution in [3.8, 4) is 6.07 Å². The van der Waals surface area contributed by atoms with Gasteiger partial charge in [0.15, 0.2) is 0 Å². The Morgan fingerprint density at radius 1 is 1.29 bits per heavy atom. The lowest BCUT2D eigenvalue weighted by Crippen LogP contribution is -2.47. The molecule has 0 aromatic heterocycles. The van der Waals surface area contributed by atoms with Crippen LogP contribution in [0.5, 0.6) is 0 Å². The Morgan fingerprint density at radius 3 is 2.57 bits per heavy atom. The third kappa shape index (κ3) is 2.26. The summed E-state index contributed by atoms with van der Waals surface area (Å²) >= 11 is 0. The average molecular weight is 196 g/mol. The van der Waals surface area contributed by atoms with E-state index in [-0.39, 0.29) is 5.54 Å². The van der Waals surface area contributed by atoms with Crippen LogP contribution in [0.25, 0.3) is 0 Å². The van der Waals surface area contributed by atoms with Gasteiger partial charge in [-0.1, -0.05) is 13.8 Å². The third-order valence-corrected chi connectivity index (χ3v) is 3.12. The summed E-state index contributed by atoms with van der Waals surface area (Å²) in [4.78, 5) is 2.27. The van der Waals surface area contributed by atoms with Gasteiger partial charge in [-0.3, -0.25) is 4.90 Å². The van der Waals surface area contributed by atoms with Crippen LogP contribution in [0.2, 0.25) is 0 Å². The summed E-state index contributed by atoms with van der Waals surface area (Å²) in [5.41, 5.74) is -0.264. The molecule has 1 aliphatic rings. The van der Waals surface area contributed by atoms with Crippen molar-refractivity contribution in [2.24, 2.45) is 0 Å². The summed E-state index contributed by atoms with van der Waals surface area (Å²) < 4.78 is 5.41. The highest BCUT2D eigenvalue weighted by molar-refractivity contribution is 5.08. The molecule has 0 bridgehead atoms. The number of nitrogens with zero attached hydrogens (tertiary/aromatic N) is 2. The summed E-state index contributed by atoms with van der Waals surface area (Å²) in [6.45, 7) is 7.67. The van der Waals surface area contributed by atoms with Gasteiger partial charge in [0.1, 0.15) is 5.54 Å². The highest BCUT2D eigenvalue weighted by Crippen LogP contribution is 2.27. The second kappa shape index (κ2) is 5.33. The van der Waals surface area contributed by atoms with Crippen LogP contribution in [-0.2, 0) is 4.74 Å². The molecule has 3 nitrogen and oxygen atoms in total. The lowest BCUT2D eigenvalue weighted by molar-refractivity contribution is 0.108. The fourth-order valence-electron chi connectivity index (χ4n) is 2.26. The van der Waals surface area contributed by atoms with Crippen LogP contribution in [-0.4, -0.2) is 36.7 Å². The second-order valence-corrected chi connectivity index (χ2v) is 3.78. The van der Waals surface area contributed by atoms with Crippen LogP contribution in [0.15, 0.2) is 0 Å². The van der Waals surface area contributed by atoms with Crippen molar-refractivity contribution in [2.75, 3.05) is 26.3 Å². The molecular formula is C11H20N2O. The Balaban J connectivity index is 2.76. The molecule has 14 heavy (non-hydrogen) atoms. The second-order valence-electron chi connectivity index (χ2n) is 3.78. The SMILES string of the molecule is CCN(CC)C1(C#N)CCCOCC1. The Morgan fingerprint density at radius 2 is 2.00 bits per heavy atom. The number of hydrogen-bond donors (Lipinski definition) is 0. The zero-order valence-electron chi connectivity index (χ0n) is 9.25. The smallest absolute Gasteiger partial charge is 0.111 e. The molecule has 1 unspecified atom stereocenters. The molecule has 0 saturated carbocycles. The van der Waals surface area contributed by atoms with Crippen molar-refractivity contribution >= 4 is 0 Å². The van der Waals surface area contributed by atoms with E-state index in [0.29, 0.717) is 0 Å². The van der Waals surface area contributed by atoms with E-state index in [4.69, 9.17) is 4.74 Å². The molecule has 1 fully saturated rings. The van der Waals surface area contributed by atoms with Gasteiger partial charge in [-0.25, -0.2) is 0 Å². The van der Waals surface area contributed by atoms with Crippen LogP contribution in [0.4, 0.5) is 0 Å². The lowest BCUT2D eigenvalue weighted by atomic mass is 9.90. The van der Waals surface area contributed by atoms with Gasteiger partial charge in [-0.2, -0.15) is 5.26 Å². The van der Waals surface area contributed by atoms with Crippen LogP contribution >= 0.6 is 0 Å². The Bertz CT molecular complexity index is 198. The van der Waals surface area contributed by atoms with Crippen LogP contribution in [0.3, 0.4) is 0 Å². The molecule has 0 aliphatic carbocycles. The molecule has 1 aliphatic heterocycles. The lowest BCUT2D eigenvalue weighted by Gasteiger charge is -2.36. The molecule has 1 atom stereocenters. The predicted molar refractivity (Wildman–Crippen MR) is 55.9 cm³/mol. The summed E-state index contributed by atoms with van der Waals surface area (Å²) in [7, 11) is 0. The van der Waals surface area contributed by atoms with Gasteiger partial charge < -0.3 is 4.74 Å². The first kappa shape index (κ1) is 11.5. The van der Waals surface area contributed by atoms with Gasteiger partial charge in [0.05, 0.1) is 6.07 Å². The van der Waals surface area contributed by atoms with Crippen LogP contribution in [0.1, 0.15) is 33.1 Å². The van der Waals surface area contributed by atoms with Crippen molar-refractivity contribution < 1.29 is 4.74 Å². The van der Waals surface area contributed by atoms with E-state index in [0.717, 1.165) is 45.6 Å². The number of hydrogen-bond acceptors (Lipinski definition) is 3. The first-order valence-corrected chi connectivity index (χ1v) is 5.53. The predicted octanol–water partition coefficient (Wildman–Crippen LogP) is 1.79. The van der Waals surface area contributed by atoms with Gasteiger partial charge in [-0.05, 0) is 25.9 Å². The van der Waals surface area contributed by atoms with E-state index in [9.17, 15) is 5.26 Å². The Hall–Kier alpha value is -0.590. The standard InChI is InChI=1S/C11H20N2O/c1-3-13(4-2)11(10-12)6-5-8-14-9-7-11/h3-9H2,1-2H3. The van der Waals surface area contributed by atoms with Gasteiger partial charge in [-0.15, -0.1) is 0 Å². The maximum Gasteiger partial charge on any atom is 0.111 e. The van der Waals surface area contributed by atoms with Crippen LogP contribution < -0.4 is 0 Å². The molecule has 0 aromatic carbocycles. The van der Waals surface area contributed by atoms with E-state index >= 15 is 0 Å². The Labute approximate surface area is 86.6 Å². The highest BCUT2D eigenvalue weighted by Gasteiger charge is 2.35. The summed E-state index contributed by atoms with van der Waals surface area (Å²) in [5, 5.41) is 9.35. The van der Waals surface area contributed by atoms with Crippen LogP contribution in [0, 0.1) is 11.3 Å². The quantitative estimate of drug-likeness (QED) is 0.690. The maximum atomic E-state index is 9.35. The number of rotatable bonds is 3. The van der Waals surface area contributed by atoms with E-state index in [1.165, 1.54) is 0 Å². The largest absolute Gasteiger partial charge is 0.381 e. The third-order valence-electron chi connectivity index (χ3n) is 3.12. The molecule has 0 N–H and O–H groups in total.